The Kier molecular flexibility index (Phi) is 5.77. The summed E-state index contributed by atoms with van der Waals surface area (Å²) in [6, 6.07) is 6.83. The number of aromatic nitrogens is 3. The molecular formula is C11H5Cl7N4. The molecule has 0 saturated carbocycles. The fourth-order valence-corrected chi connectivity index (χ4v) is 2.08. The fourth-order valence-electron chi connectivity index (χ4n) is 1.38. The van der Waals surface area contributed by atoms with Crippen LogP contribution in [0.3, 0.4) is 0 Å². The summed E-state index contributed by atoms with van der Waals surface area (Å²) in [5, 5.41) is 3.39. The summed E-state index contributed by atoms with van der Waals surface area (Å²) in [6.45, 7) is 0. The first kappa shape index (κ1) is 18.4. The topological polar surface area (TPSA) is 50.7 Å². The van der Waals surface area contributed by atoms with Gasteiger partial charge in [-0.15, -0.1) is 0 Å². The minimum Gasteiger partial charge on any atom is -0.324 e. The van der Waals surface area contributed by atoms with E-state index in [0.717, 1.165) is 0 Å². The average Bonchev–Trinajstić information content (AvgIpc) is 2.36. The molecule has 1 heterocycles. The summed E-state index contributed by atoms with van der Waals surface area (Å²) >= 11 is 40.6. The van der Waals surface area contributed by atoms with Crippen molar-refractivity contribution in [3.63, 3.8) is 0 Å². The number of hydrogen-bond acceptors (Lipinski definition) is 4. The summed E-state index contributed by atoms with van der Waals surface area (Å²) < 4.78 is -3.81. The van der Waals surface area contributed by atoms with Crippen LogP contribution >= 0.6 is 81.2 Å². The number of alkyl halides is 6. The molecule has 0 bridgehead atoms. The number of halogens is 7. The van der Waals surface area contributed by atoms with Gasteiger partial charge in [0.15, 0.2) is 11.6 Å². The second kappa shape index (κ2) is 6.89. The molecule has 0 aliphatic carbocycles. The van der Waals surface area contributed by atoms with E-state index in [1.807, 2.05) is 0 Å². The molecule has 1 aromatic carbocycles. The minimum atomic E-state index is -1.90. The average molecular weight is 441 g/mol. The van der Waals surface area contributed by atoms with Crippen LogP contribution in [0.5, 0.6) is 0 Å². The van der Waals surface area contributed by atoms with Gasteiger partial charge in [0, 0.05) is 10.7 Å². The van der Waals surface area contributed by atoms with E-state index in [2.05, 4.69) is 20.3 Å². The Labute approximate surface area is 161 Å². The fraction of sp³-hybridized carbons (Fsp3) is 0.182. The third-order valence-electron chi connectivity index (χ3n) is 2.22. The van der Waals surface area contributed by atoms with E-state index in [4.69, 9.17) is 81.2 Å². The number of nitrogens with one attached hydrogen (secondary N) is 1. The summed E-state index contributed by atoms with van der Waals surface area (Å²) in [5.41, 5.74) is 0.601. The molecule has 2 rings (SSSR count). The Morgan fingerprint density at radius 2 is 1.36 bits per heavy atom. The van der Waals surface area contributed by atoms with Crippen molar-refractivity contribution in [3.8, 4) is 0 Å². The van der Waals surface area contributed by atoms with Crippen LogP contribution in [0, 0.1) is 0 Å². The van der Waals surface area contributed by atoms with Crippen molar-refractivity contribution in [2.45, 2.75) is 7.59 Å². The van der Waals surface area contributed by atoms with Gasteiger partial charge in [-0.2, -0.15) is 9.97 Å². The first-order valence-electron chi connectivity index (χ1n) is 5.49. The maximum Gasteiger partial charge on any atom is 0.250 e. The van der Waals surface area contributed by atoms with E-state index in [-0.39, 0.29) is 17.6 Å². The van der Waals surface area contributed by atoms with Gasteiger partial charge in [0.25, 0.3) is 0 Å². The summed E-state index contributed by atoms with van der Waals surface area (Å²) in [4.78, 5) is 11.8. The number of hydrogen-bond donors (Lipinski definition) is 1. The first-order valence-corrected chi connectivity index (χ1v) is 8.13. The molecule has 0 spiro atoms. The molecule has 4 nitrogen and oxygen atoms in total. The van der Waals surface area contributed by atoms with Crippen molar-refractivity contribution >= 4 is 92.8 Å². The van der Waals surface area contributed by atoms with Gasteiger partial charge in [-0.3, -0.25) is 0 Å². The monoisotopic (exact) mass is 438 g/mol. The van der Waals surface area contributed by atoms with Gasteiger partial charge < -0.3 is 5.32 Å². The Morgan fingerprint density at radius 3 is 1.82 bits per heavy atom. The number of anilines is 2. The molecule has 1 aromatic heterocycles. The zero-order valence-corrected chi connectivity index (χ0v) is 15.6. The second-order valence-electron chi connectivity index (χ2n) is 3.94. The molecular weight excluding hydrogens is 436 g/mol. The van der Waals surface area contributed by atoms with Crippen LogP contribution in [-0.4, -0.2) is 15.0 Å². The Hall–Kier alpha value is 0.0600. The molecule has 22 heavy (non-hydrogen) atoms. The lowest BCUT2D eigenvalue weighted by atomic mass is 10.3. The van der Waals surface area contributed by atoms with E-state index in [9.17, 15) is 0 Å². The van der Waals surface area contributed by atoms with E-state index >= 15 is 0 Å². The molecule has 0 aliphatic rings. The highest BCUT2D eigenvalue weighted by Crippen LogP contribution is 2.40. The molecule has 1 N–H and O–H groups in total. The van der Waals surface area contributed by atoms with Gasteiger partial charge in [-0.25, -0.2) is 4.98 Å². The highest BCUT2D eigenvalue weighted by Gasteiger charge is 2.33. The molecule has 0 unspecified atom stereocenters. The standard InChI is InChI=1S/C11H5Cl7N4/c12-5-2-1-3-6(4-5)19-9-21-7(10(13,14)15)20-8(22-9)11(16,17)18/h1-4H,(H,19,20,21,22). The van der Waals surface area contributed by atoms with E-state index < -0.39 is 7.59 Å². The minimum absolute atomic E-state index is 0.0416. The Morgan fingerprint density at radius 1 is 0.818 bits per heavy atom. The number of benzene rings is 1. The van der Waals surface area contributed by atoms with Crippen molar-refractivity contribution < 1.29 is 0 Å². The van der Waals surface area contributed by atoms with Gasteiger partial charge >= 0.3 is 0 Å². The predicted molar refractivity (Wildman–Crippen MR) is 93.0 cm³/mol. The molecule has 0 atom stereocenters. The van der Waals surface area contributed by atoms with Gasteiger partial charge in [0.05, 0.1) is 0 Å². The molecule has 0 aliphatic heterocycles. The lowest BCUT2D eigenvalue weighted by Gasteiger charge is -2.16. The van der Waals surface area contributed by atoms with Crippen molar-refractivity contribution in [2.24, 2.45) is 0 Å². The highest BCUT2D eigenvalue weighted by atomic mass is 35.6. The Balaban J connectivity index is 2.46. The van der Waals surface area contributed by atoms with E-state index in [1.54, 1.807) is 24.3 Å². The lowest BCUT2D eigenvalue weighted by molar-refractivity contribution is 0.851. The quantitative estimate of drug-likeness (QED) is 0.588. The molecule has 2 aromatic rings. The van der Waals surface area contributed by atoms with Gasteiger partial charge in [-0.1, -0.05) is 87.3 Å². The molecule has 0 saturated heterocycles. The van der Waals surface area contributed by atoms with E-state index in [1.165, 1.54) is 0 Å². The van der Waals surface area contributed by atoms with Crippen LogP contribution in [0.4, 0.5) is 11.6 Å². The number of rotatable bonds is 2. The Bertz CT molecular complexity index is 649. The lowest BCUT2D eigenvalue weighted by Crippen LogP contribution is -2.17. The van der Waals surface area contributed by atoms with Crippen molar-refractivity contribution in [1.29, 1.82) is 0 Å². The van der Waals surface area contributed by atoms with Crippen LogP contribution in [0.2, 0.25) is 5.02 Å². The van der Waals surface area contributed by atoms with Crippen molar-refractivity contribution in [2.75, 3.05) is 5.32 Å². The van der Waals surface area contributed by atoms with Gasteiger partial charge in [-0.05, 0) is 18.2 Å². The zero-order valence-electron chi connectivity index (χ0n) is 10.3. The molecule has 0 amide bonds. The van der Waals surface area contributed by atoms with Crippen LogP contribution in [0.1, 0.15) is 11.6 Å². The summed E-state index contributed by atoms with van der Waals surface area (Å²) in [7, 11) is 0. The zero-order chi connectivity index (χ0) is 16.5. The normalized spacial score (nSPS) is 12.3. The smallest absolute Gasteiger partial charge is 0.250 e. The molecule has 11 heteroatoms. The summed E-state index contributed by atoms with van der Waals surface area (Å²) in [5.74, 6) is -0.323. The third kappa shape index (κ3) is 5.03. The van der Waals surface area contributed by atoms with Crippen molar-refractivity contribution in [1.82, 2.24) is 15.0 Å². The highest BCUT2D eigenvalue weighted by molar-refractivity contribution is 6.67. The van der Waals surface area contributed by atoms with Crippen LogP contribution in [0.25, 0.3) is 0 Å². The maximum atomic E-state index is 5.90. The van der Waals surface area contributed by atoms with Gasteiger partial charge in [0.1, 0.15) is 0 Å². The molecule has 0 fully saturated rings. The third-order valence-corrected chi connectivity index (χ3v) is 3.47. The molecule has 0 radical (unpaired) electrons. The predicted octanol–water partition coefficient (Wildman–Crippen LogP) is 5.92. The second-order valence-corrected chi connectivity index (χ2v) is 8.94. The van der Waals surface area contributed by atoms with Crippen LogP contribution < -0.4 is 5.32 Å². The van der Waals surface area contributed by atoms with Crippen LogP contribution in [-0.2, 0) is 7.59 Å². The molecule has 118 valence electrons. The summed E-state index contributed by atoms with van der Waals surface area (Å²) in [6.07, 6.45) is 0. The number of nitrogens with zero attached hydrogens (tertiary/aromatic N) is 3. The SMILES string of the molecule is Clc1cccc(Nc2nc(C(Cl)(Cl)Cl)nc(C(Cl)(Cl)Cl)n2)c1. The first-order chi connectivity index (χ1) is 10.1. The van der Waals surface area contributed by atoms with Gasteiger partial charge in [0.2, 0.25) is 13.5 Å². The van der Waals surface area contributed by atoms with E-state index in [0.29, 0.717) is 10.7 Å². The van der Waals surface area contributed by atoms with Crippen molar-refractivity contribution in [3.05, 3.63) is 40.9 Å². The van der Waals surface area contributed by atoms with Crippen LogP contribution in [0.15, 0.2) is 24.3 Å². The maximum absolute atomic E-state index is 5.90. The largest absolute Gasteiger partial charge is 0.324 e.